The number of nitrogens with zero attached hydrogens (tertiary/aromatic N) is 3. The number of aromatic nitrogens is 2. The van der Waals surface area contributed by atoms with E-state index < -0.39 is 0 Å². The Labute approximate surface area is 204 Å². The van der Waals surface area contributed by atoms with Crippen molar-refractivity contribution in [2.75, 3.05) is 44.4 Å². The lowest BCUT2D eigenvalue weighted by atomic mass is 10.0. The van der Waals surface area contributed by atoms with Gasteiger partial charge in [0.25, 0.3) is 5.91 Å². The van der Waals surface area contributed by atoms with Gasteiger partial charge in [-0.1, -0.05) is 36.7 Å². The maximum atomic E-state index is 12.2. The van der Waals surface area contributed by atoms with Crippen LogP contribution in [0.1, 0.15) is 28.4 Å². The minimum absolute atomic E-state index is 0.206. The van der Waals surface area contributed by atoms with Gasteiger partial charge in [0.1, 0.15) is 10.8 Å². The van der Waals surface area contributed by atoms with Crippen LogP contribution in [0.4, 0.5) is 23.1 Å². The molecule has 3 N–H and O–H groups in total. The number of carbonyl (C=O) groups excluding carboxylic acids is 1. The molecule has 1 aliphatic rings. The zero-order valence-electron chi connectivity index (χ0n) is 19.6. The van der Waals surface area contributed by atoms with Gasteiger partial charge in [-0.25, -0.2) is 4.98 Å². The zero-order valence-corrected chi connectivity index (χ0v) is 20.4. The van der Waals surface area contributed by atoms with Crippen LogP contribution in [-0.4, -0.2) is 54.6 Å². The van der Waals surface area contributed by atoms with Crippen molar-refractivity contribution in [2.45, 2.75) is 19.8 Å². The summed E-state index contributed by atoms with van der Waals surface area (Å²) in [5.41, 5.74) is 4.41. The number of nitrogens with one attached hydrogen (secondary N) is 3. The Bertz CT molecular complexity index is 1190. The molecule has 0 radical (unpaired) electrons. The normalized spacial score (nSPS) is 13.5. The Morgan fingerprint density at radius 1 is 1.12 bits per heavy atom. The maximum absolute atomic E-state index is 12.2. The van der Waals surface area contributed by atoms with Gasteiger partial charge in [-0.3, -0.25) is 4.79 Å². The molecule has 0 saturated heterocycles. The van der Waals surface area contributed by atoms with Gasteiger partial charge in [0.05, 0.1) is 30.2 Å². The van der Waals surface area contributed by atoms with Crippen molar-refractivity contribution >= 4 is 40.6 Å². The number of para-hydroxylation sites is 1. The highest BCUT2D eigenvalue weighted by Gasteiger charge is 2.20. The molecule has 178 valence electrons. The minimum atomic E-state index is -0.206. The van der Waals surface area contributed by atoms with Gasteiger partial charge in [-0.15, -0.1) is 0 Å². The summed E-state index contributed by atoms with van der Waals surface area (Å²) < 4.78 is 5.82. The number of fused-ring (bicyclic) bond motifs is 1. The molecule has 0 saturated carbocycles. The van der Waals surface area contributed by atoms with Crippen LogP contribution in [0.15, 0.2) is 42.6 Å². The van der Waals surface area contributed by atoms with Crippen LogP contribution in [0, 0.1) is 0 Å². The second kappa shape index (κ2) is 10.7. The van der Waals surface area contributed by atoms with Crippen LogP contribution < -0.4 is 20.7 Å². The van der Waals surface area contributed by atoms with Gasteiger partial charge in [0.2, 0.25) is 5.95 Å². The van der Waals surface area contributed by atoms with Crippen molar-refractivity contribution in [3.63, 3.8) is 0 Å². The summed E-state index contributed by atoms with van der Waals surface area (Å²) >= 11 is 6.37. The van der Waals surface area contributed by atoms with Crippen LogP contribution in [-0.2, 0) is 12.8 Å². The molecule has 2 heterocycles. The summed E-state index contributed by atoms with van der Waals surface area (Å²) in [7, 11) is 3.28. The highest BCUT2D eigenvalue weighted by atomic mass is 35.5. The van der Waals surface area contributed by atoms with Gasteiger partial charge in [0.15, 0.2) is 5.82 Å². The third-order valence-electron chi connectivity index (χ3n) is 6.03. The fraction of sp³-hybridized carbons (Fsp3) is 0.320. The fourth-order valence-electron chi connectivity index (χ4n) is 4.17. The molecular formula is C25H29ClN6O2. The summed E-state index contributed by atoms with van der Waals surface area (Å²) in [6, 6.07) is 11.3. The molecule has 3 aromatic rings. The van der Waals surface area contributed by atoms with E-state index in [0.717, 1.165) is 43.9 Å². The Kier molecular flexibility index (Phi) is 7.49. The first kappa shape index (κ1) is 23.8. The van der Waals surface area contributed by atoms with E-state index in [1.165, 1.54) is 17.3 Å². The molecule has 0 bridgehead atoms. The van der Waals surface area contributed by atoms with E-state index >= 15 is 0 Å². The molecule has 0 atom stereocenters. The summed E-state index contributed by atoms with van der Waals surface area (Å²) in [6.45, 7) is 5.28. The number of methoxy groups -OCH3 is 1. The quantitative estimate of drug-likeness (QED) is 0.461. The summed E-state index contributed by atoms with van der Waals surface area (Å²) in [5.74, 6) is 1.37. The van der Waals surface area contributed by atoms with Crippen molar-refractivity contribution in [1.29, 1.82) is 0 Å². The molecule has 8 nitrogen and oxygen atoms in total. The lowest BCUT2D eigenvalue weighted by Gasteiger charge is -2.17. The number of ether oxygens (including phenoxy) is 1. The molecule has 0 fully saturated rings. The van der Waals surface area contributed by atoms with Gasteiger partial charge < -0.3 is 25.6 Å². The number of likely N-dealkylation sites (N-methyl/N-ethyl adjacent to an activating group) is 1. The fourth-order valence-corrected chi connectivity index (χ4v) is 4.31. The highest BCUT2D eigenvalue weighted by Crippen LogP contribution is 2.35. The molecule has 4 rings (SSSR count). The number of halogens is 1. The Morgan fingerprint density at radius 3 is 2.68 bits per heavy atom. The average molecular weight is 481 g/mol. The number of hydrogen-bond acceptors (Lipinski definition) is 7. The molecule has 9 heteroatoms. The van der Waals surface area contributed by atoms with E-state index in [9.17, 15) is 4.79 Å². The van der Waals surface area contributed by atoms with E-state index in [1.807, 2.05) is 12.1 Å². The van der Waals surface area contributed by atoms with E-state index in [2.05, 4.69) is 43.8 Å². The van der Waals surface area contributed by atoms with Crippen LogP contribution in [0.3, 0.4) is 0 Å². The smallest absolute Gasteiger partial charge is 0.253 e. The van der Waals surface area contributed by atoms with E-state index in [1.54, 1.807) is 32.4 Å². The van der Waals surface area contributed by atoms with Gasteiger partial charge >= 0.3 is 0 Å². The average Bonchev–Trinajstić information content (AvgIpc) is 3.08. The predicted molar refractivity (Wildman–Crippen MR) is 136 cm³/mol. The third kappa shape index (κ3) is 5.08. The van der Waals surface area contributed by atoms with Crippen LogP contribution in [0.5, 0.6) is 5.75 Å². The van der Waals surface area contributed by atoms with Gasteiger partial charge in [-0.2, -0.15) is 4.98 Å². The lowest BCUT2D eigenvalue weighted by molar-refractivity contribution is 0.0964. The molecule has 1 aliphatic heterocycles. The van der Waals surface area contributed by atoms with Crippen molar-refractivity contribution < 1.29 is 9.53 Å². The number of benzene rings is 2. The Balaban J connectivity index is 1.62. The molecule has 1 aromatic heterocycles. The Morgan fingerprint density at radius 2 is 1.91 bits per heavy atom. The summed E-state index contributed by atoms with van der Waals surface area (Å²) in [5, 5.41) is 9.42. The van der Waals surface area contributed by atoms with Crippen molar-refractivity contribution in [3.8, 4) is 5.75 Å². The van der Waals surface area contributed by atoms with Crippen molar-refractivity contribution in [2.24, 2.45) is 0 Å². The standard InChI is InChI=1S/C25H29ClN6O2/c1-4-32-13-11-16-9-10-21(22(34-3)17(16)12-14-32)30-25-28-15-19(26)23(31-25)29-20-8-6-5-7-18(20)24(33)27-2/h5-10,15H,4,11-14H2,1-3H3,(H,27,33)(H2,28,29,30,31). The predicted octanol–water partition coefficient (Wildman–Crippen LogP) is 4.41. The summed E-state index contributed by atoms with van der Waals surface area (Å²) in [6.07, 6.45) is 3.44. The van der Waals surface area contributed by atoms with Gasteiger partial charge in [-0.05, 0) is 43.1 Å². The first-order chi connectivity index (χ1) is 16.5. The second-order valence-electron chi connectivity index (χ2n) is 7.98. The number of rotatable bonds is 7. The maximum Gasteiger partial charge on any atom is 0.253 e. The first-order valence-electron chi connectivity index (χ1n) is 11.3. The van der Waals surface area contributed by atoms with Crippen molar-refractivity contribution in [3.05, 3.63) is 64.3 Å². The van der Waals surface area contributed by atoms with Gasteiger partial charge in [0, 0.05) is 25.7 Å². The third-order valence-corrected chi connectivity index (χ3v) is 6.30. The molecular weight excluding hydrogens is 452 g/mol. The van der Waals surface area contributed by atoms with Crippen LogP contribution in [0.2, 0.25) is 5.02 Å². The Hall–Kier alpha value is -3.36. The largest absolute Gasteiger partial charge is 0.494 e. The minimum Gasteiger partial charge on any atom is -0.494 e. The lowest BCUT2D eigenvalue weighted by Crippen LogP contribution is -2.25. The molecule has 1 amide bonds. The molecule has 0 unspecified atom stereocenters. The molecule has 2 aromatic carbocycles. The summed E-state index contributed by atoms with van der Waals surface area (Å²) in [4.78, 5) is 23.6. The topological polar surface area (TPSA) is 91.4 Å². The van der Waals surface area contributed by atoms with Crippen molar-refractivity contribution in [1.82, 2.24) is 20.2 Å². The molecule has 34 heavy (non-hydrogen) atoms. The number of anilines is 4. The number of hydrogen-bond donors (Lipinski definition) is 3. The number of carbonyl (C=O) groups is 1. The SMILES string of the molecule is CCN1CCc2ccc(Nc3ncc(Cl)c(Nc4ccccc4C(=O)NC)n3)c(OC)c2CC1. The zero-order chi connectivity index (χ0) is 24.1. The van der Waals surface area contributed by atoms with Crippen LogP contribution >= 0.6 is 11.6 Å². The highest BCUT2D eigenvalue weighted by molar-refractivity contribution is 6.33. The molecule has 0 spiro atoms. The van der Waals surface area contributed by atoms with E-state index in [-0.39, 0.29) is 5.91 Å². The first-order valence-corrected chi connectivity index (χ1v) is 11.7. The monoisotopic (exact) mass is 480 g/mol. The van der Waals surface area contributed by atoms with E-state index in [4.69, 9.17) is 16.3 Å². The number of amides is 1. The molecule has 0 aliphatic carbocycles. The van der Waals surface area contributed by atoms with E-state index in [0.29, 0.717) is 28.0 Å². The second-order valence-corrected chi connectivity index (χ2v) is 8.39. The van der Waals surface area contributed by atoms with Crippen LogP contribution in [0.25, 0.3) is 0 Å².